The molecule has 8 nitrogen and oxygen atoms in total. The molecule has 0 radical (unpaired) electrons. The van der Waals surface area contributed by atoms with Crippen molar-refractivity contribution in [1.82, 2.24) is 39.9 Å². The Hall–Kier alpha value is -4.99. The molecular weight excluding hydrogens is 521 g/mol. The van der Waals surface area contributed by atoms with E-state index in [1.165, 1.54) is 0 Å². The number of nitrogens with zero attached hydrogens (tertiary/aromatic N) is 4. The zero-order valence-corrected chi connectivity index (χ0v) is 23.1. The fraction of sp³-hybridized carbons (Fsp3) is 0. The molecule has 4 aromatic heterocycles. The second kappa shape index (κ2) is 9.02. The van der Waals surface area contributed by atoms with E-state index in [0.29, 0.717) is 11.6 Å². The van der Waals surface area contributed by atoms with Crippen molar-refractivity contribution in [2.45, 2.75) is 0 Å². The van der Waals surface area contributed by atoms with E-state index in [2.05, 4.69) is 56.3 Å². The normalized spacial score (nSPS) is 11.7. The number of hydrogen-bond donors (Lipinski definition) is 4. The van der Waals surface area contributed by atoms with Crippen LogP contribution in [0.2, 0.25) is 0 Å². The van der Waals surface area contributed by atoms with E-state index in [1.54, 1.807) is 0 Å². The number of hydrogen-bond acceptors (Lipinski definition) is 2. The topological polar surface area (TPSA) is 117 Å². The molecule has 0 amide bonds. The van der Waals surface area contributed by atoms with Crippen LogP contribution in [0.3, 0.4) is 0 Å². The molecule has 1 aliphatic heterocycles. The first kappa shape index (κ1) is 23.9. The van der Waals surface area contributed by atoms with Crippen molar-refractivity contribution in [3.05, 3.63) is 97.1 Å². The summed E-state index contributed by atoms with van der Waals surface area (Å²) in [7, 11) is 0. The van der Waals surface area contributed by atoms with Gasteiger partial charge in [0, 0.05) is 44.7 Å². The summed E-state index contributed by atoms with van der Waals surface area (Å²) in [5.41, 5.74) is 6.49. The monoisotopic (exact) mass is 540 g/mol. The van der Waals surface area contributed by atoms with Gasteiger partial charge >= 0.3 is 23.1 Å². The van der Waals surface area contributed by atoms with Crippen LogP contribution in [0, 0.1) is 0 Å². The van der Waals surface area contributed by atoms with Crippen molar-refractivity contribution in [2.75, 3.05) is 0 Å². The Labute approximate surface area is 248 Å². The quantitative estimate of drug-likeness (QED) is 0.160. The average molecular weight is 541 g/mol. The van der Waals surface area contributed by atoms with Crippen molar-refractivity contribution >= 4 is 89.3 Å². The van der Waals surface area contributed by atoms with Crippen LogP contribution in [-0.2, 0) is 0 Å². The van der Waals surface area contributed by atoms with Crippen LogP contribution in [0.25, 0.3) is 89.0 Å². The maximum absolute atomic E-state index is 5.04. The Kier molecular flexibility index (Phi) is 5.25. The van der Waals surface area contributed by atoms with E-state index in [1.807, 2.05) is 60.7 Å². The zero-order chi connectivity index (χ0) is 26.2. The maximum atomic E-state index is 5.04. The molecule has 4 N–H and O–H groups in total. The van der Waals surface area contributed by atoms with Crippen LogP contribution in [0.1, 0.15) is 0 Å². The summed E-state index contributed by atoms with van der Waals surface area (Å²) < 4.78 is 0. The molecule has 5 heterocycles. The Morgan fingerprint density at radius 3 is 1.56 bits per heavy atom. The summed E-state index contributed by atoms with van der Waals surface area (Å²) in [6, 6.07) is 32.7. The van der Waals surface area contributed by atoms with Gasteiger partial charge in [0.05, 0.1) is 11.5 Å². The van der Waals surface area contributed by atoms with Crippen LogP contribution in [0.5, 0.6) is 0 Å². The molecule has 8 bridgehead atoms. The first-order chi connectivity index (χ1) is 19.8. The minimum absolute atomic E-state index is 0. The van der Waals surface area contributed by atoms with Crippen LogP contribution >= 0.6 is 0 Å². The third kappa shape index (κ3) is 3.59. The van der Waals surface area contributed by atoms with E-state index >= 15 is 0 Å². The number of H-pyrrole nitrogens is 4. The smallest absolute Gasteiger partial charge is 0.411 e. The van der Waals surface area contributed by atoms with Gasteiger partial charge in [-0.3, -0.25) is 0 Å². The van der Waals surface area contributed by atoms with Crippen LogP contribution in [0.15, 0.2) is 97.1 Å². The Morgan fingerprint density at radius 2 is 0.902 bits per heavy atom. The predicted octanol–water partition coefficient (Wildman–Crippen LogP) is 6.70. The second-order valence-electron chi connectivity index (χ2n) is 9.92. The average Bonchev–Trinajstić information content (AvgIpc) is 3.73. The van der Waals surface area contributed by atoms with Crippen LogP contribution in [-0.4, -0.2) is 53.0 Å². The molecule has 41 heavy (non-hydrogen) atoms. The third-order valence-corrected chi connectivity index (χ3v) is 7.59. The van der Waals surface area contributed by atoms with Gasteiger partial charge in [0.1, 0.15) is 5.65 Å². The van der Waals surface area contributed by atoms with E-state index in [4.69, 9.17) is 19.9 Å². The molecule has 0 spiro atoms. The molecule has 9 heteroatoms. The minimum atomic E-state index is 0. The molecule has 0 fully saturated rings. The number of fused-ring (bicyclic) bond motifs is 20. The summed E-state index contributed by atoms with van der Waals surface area (Å²) in [6.07, 6.45) is 0. The summed E-state index contributed by atoms with van der Waals surface area (Å²) in [5, 5.41) is 6.06. The fourth-order valence-corrected chi connectivity index (χ4v) is 5.73. The second-order valence-corrected chi connectivity index (χ2v) is 9.92. The molecule has 0 saturated carbocycles. The van der Waals surface area contributed by atoms with Gasteiger partial charge in [0.25, 0.3) is 0 Å². The predicted molar refractivity (Wildman–Crippen MR) is 165 cm³/mol. The molecule has 0 aliphatic carbocycles. The number of rotatable bonds is 0. The first-order valence-corrected chi connectivity index (χ1v) is 13.1. The minimum Gasteiger partial charge on any atom is -0.411 e. The largest absolute Gasteiger partial charge is 2.00 e. The Balaban J connectivity index is 0.00000256. The standard InChI is InChI=1S/C32H20N8.Mg/c1-2-10-18-17(9-1)25-33-26(18)38-28-21-13-5-6-14-22(21)30(35-28)40-32-24-16-8-7-15-23(24)31(36-32)39-29-20-12-4-3-11-19(20)27(34-29)37-25;/h1-16,33,36-37,39H;/q-2;+2. The molecular formula is C32H20MgN8. The van der Waals surface area contributed by atoms with E-state index < -0.39 is 0 Å². The molecule has 190 valence electrons. The van der Waals surface area contributed by atoms with Gasteiger partial charge in [0.2, 0.25) is 0 Å². The van der Waals surface area contributed by atoms with Gasteiger partial charge in [-0.25, -0.2) is 4.98 Å². The first-order valence-electron chi connectivity index (χ1n) is 13.1. The van der Waals surface area contributed by atoms with Gasteiger partial charge in [-0.2, -0.15) is 0 Å². The Morgan fingerprint density at radius 1 is 0.439 bits per heavy atom. The number of aromatic nitrogens is 8. The van der Waals surface area contributed by atoms with Crippen LogP contribution < -0.4 is 9.97 Å². The van der Waals surface area contributed by atoms with Crippen molar-refractivity contribution in [3.63, 3.8) is 0 Å². The van der Waals surface area contributed by atoms with Gasteiger partial charge < -0.3 is 34.9 Å². The maximum Gasteiger partial charge on any atom is 2.00 e. The van der Waals surface area contributed by atoms with E-state index in [9.17, 15) is 0 Å². The fourth-order valence-electron chi connectivity index (χ4n) is 5.73. The summed E-state index contributed by atoms with van der Waals surface area (Å²) >= 11 is 0. The van der Waals surface area contributed by atoms with Crippen molar-refractivity contribution in [1.29, 1.82) is 0 Å². The van der Waals surface area contributed by atoms with Crippen molar-refractivity contribution in [3.8, 4) is 22.8 Å². The van der Waals surface area contributed by atoms with Gasteiger partial charge in [-0.1, -0.05) is 97.1 Å². The SMILES string of the molecule is [Mg+2].c1ccc2c(c1)-c1nc-2[n-]c2[nH]c([nH]c3[n-]c([nH]c4[nH]c(n1)c1ccccc41)c1ccccc31)c1ccccc21. The summed E-state index contributed by atoms with van der Waals surface area (Å²) in [6.45, 7) is 0. The van der Waals surface area contributed by atoms with Crippen LogP contribution in [0.4, 0.5) is 0 Å². The van der Waals surface area contributed by atoms with Gasteiger partial charge in [-0.05, 0) is 27.1 Å². The molecule has 1 aliphatic rings. The van der Waals surface area contributed by atoms with Gasteiger partial charge in [0.15, 0.2) is 0 Å². The van der Waals surface area contributed by atoms with E-state index in [0.717, 1.165) is 77.3 Å². The molecule has 9 rings (SSSR count). The number of benzene rings is 4. The Bertz CT molecular complexity index is 2290. The summed E-state index contributed by atoms with van der Waals surface area (Å²) in [5.74, 6) is 1.24. The molecule has 4 aromatic carbocycles. The van der Waals surface area contributed by atoms with Gasteiger partial charge in [-0.15, -0.1) is 0 Å². The number of aromatic amines is 4. The van der Waals surface area contributed by atoms with Crippen molar-refractivity contribution < 1.29 is 0 Å². The number of nitrogens with one attached hydrogen (secondary N) is 4. The van der Waals surface area contributed by atoms with E-state index in [-0.39, 0.29) is 23.1 Å². The molecule has 0 saturated heterocycles. The molecule has 0 unspecified atom stereocenters. The summed E-state index contributed by atoms with van der Waals surface area (Å²) in [4.78, 5) is 34.2. The molecule has 8 aromatic rings. The molecule has 0 atom stereocenters. The van der Waals surface area contributed by atoms with Crippen molar-refractivity contribution in [2.24, 2.45) is 0 Å². The zero-order valence-electron chi connectivity index (χ0n) is 21.7. The third-order valence-electron chi connectivity index (χ3n) is 7.59.